The molecule has 0 amide bonds. The molecule has 0 atom stereocenters. The average Bonchev–Trinajstić information content (AvgIpc) is 2.39. The lowest BCUT2D eigenvalue weighted by Gasteiger charge is -1.96. The minimum absolute atomic E-state index is 0.954. The van der Waals surface area contributed by atoms with Gasteiger partial charge in [0.05, 0.1) is 0 Å². The van der Waals surface area contributed by atoms with E-state index in [1.54, 1.807) is 0 Å². The van der Waals surface area contributed by atoms with Gasteiger partial charge >= 0.3 is 0 Å². The summed E-state index contributed by atoms with van der Waals surface area (Å²) >= 11 is 0. The summed E-state index contributed by atoms with van der Waals surface area (Å²) in [6.45, 7) is 6.56. The van der Waals surface area contributed by atoms with Gasteiger partial charge in [-0.25, -0.2) is 0 Å². The second-order valence-electron chi connectivity index (χ2n) is 4.78. The minimum atomic E-state index is 0.954. The maximum atomic E-state index is 5.17. The molecule has 1 aromatic carbocycles. The molecular formula is C18H28. The lowest BCUT2D eigenvalue weighted by Crippen LogP contribution is -1.76. The third-order valence-electron chi connectivity index (χ3n) is 2.89. The number of aryl methyl sites for hydroxylation is 1. The summed E-state index contributed by atoms with van der Waals surface area (Å²) in [5.41, 5.74) is 2.17. The molecule has 0 aliphatic heterocycles. The van der Waals surface area contributed by atoms with Crippen LogP contribution in [0.5, 0.6) is 0 Å². The number of benzene rings is 1. The zero-order chi connectivity index (χ0) is 13.6. The van der Waals surface area contributed by atoms with Crippen molar-refractivity contribution in [1.29, 1.82) is 0 Å². The smallest absolute Gasteiger partial charge is 0.0245 e. The molecule has 0 aliphatic rings. The number of terminal acetylenes is 1. The van der Waals surface area contributed by atoms with Crippen molar-refractivity contribution < 1.29 is 0 Å². The van der Waals surface area contributed by atoms with Crippen molar-refractivity contribution in [3.63, 3.8) is 0 Å². The molecule has 100 valence electrons. The Kier molecular flexibility index (Phi) is 11.4. The highest BCUT2D eigenvalue weighted by atomic mass is 13.9. The van der Waals surface area contributed by atoms with Gasteiger partial charge in [0.1, 0.15) is 0 Å². The Hall–Kier alpha value is -1.22. The van der Waals surface area contributed by atoms with Crippen LogP contribution in [0.1, 0.15) is 69.9 Å². The summed E-state index contributed by atoms with van der Waals surface area (Å²) in [6, 6.07) is 7.90. The highest BCUT2D eigenvalue weighted by Gasteiger charge is 1.86. The third kappa shape index (κ3) is 9.97. The summed E-state index contributed by atoms with van der Waals surface area (Å²) in [4.78, 5) is 0. The Balaban J connectivity index is 0.000000321. The normalized spacial score (nSPS) is 9.22. The number of hydrogen-bond acceptors (Lipinski definition) is 0. The Bertz CT molecular complexity index is 324. The lowest BCUT2D eigenvalue weighted by molar-refractivity contribution is 0.602. The molecule has 0 fully saturated rings. The van der Waals surface area contributed by atoms with Gasteiger partial charge in [0.25, 0.3) is 0 Å². The van der Waals surface area contributed by atoms with Crippen molar-refractivity contribution in [3.05, 3.63) is 35.4 Å². The van der Waals surface area contributed by atoms with Crippen LogP contribution in [0, 0.1) is 19.3 Å². The first-order valence-corrected chi connectivity index (χ1v) is 7.27. The molecule has 0 heterocycles. The predicted octanol–water partition coefficient (Wildman–Crippen LogP) is 5.73. The molecule has 0 saturated heterocycles. The van der Waals surface area contributed by atoms with Gasteiger partial charge in [0.2, 0.25) is 0 Å². The maximum absolute atomic E-state index is 5.17. The van der Waals surface area contributed by atoms with Crippen molar-refractivity contribution in [2.24, 2.45) is 0 Å². The van der Waals surface area contributed by atoms with Crippen LogP contribution in [0.3, 0.4) is 0 Å². The standard InChI is InChI=1S/C9H8.C9H20/c1-3-9-6-4-5-8(2)7-9;1-3-5-7-9-8-6-4-2/h1,4-7H,2H3;3-9H2,1-2H3. The molecule has 0 heteroatoms. The second-order valence-corrected chi connectivity index (χ2v) is 4.78. The highest BCUT2D eigenvalue weighted by molar-refractivity contribution is 5.34. The summed E-state index contributed by atoms with van der Waals surface area (Å²) < 4.78 is 0. The Labute approximate surface area is 114 Å². The number of rotatable bonds is 6. The molecular weight excluding hydrogens is 216 g/mol. The molecule has 0 N–H and O–H groups in total. The van der Waals surface area contributed by atoms with Crippen LogP contribution in [0.2, 0.25) is 0 Å². The van der Waals surface area contributed by atoms with Crippen LogP contribution >= 0.6 is 0 Å². The first-order chi connectivity index (χ1) is 8.74. The van der Waals surface area contributed by atoms with Crippen LogP contribution in [0.25, 0.3) is 0 Å². The van der Waals surface area contributed by atoms with Gasteiger partial charge in [-0.1, -0.05) is 76.8 Å². The van der Waals surface area contributed by atoms with Crippen LogP contribution in [-0.2, 0) is 0 Å². The lowest BCUT2D eigenvalue weighted by atomic mass is 10.1. The Morgan fingerprint density at radius 1 is 0.944 bits per heavy atom. The maximum Gasteiger partial charge on any atom is 0.0245 e. The van der Waals surface area contributed by atoms with Crippen molar-refractivity contribution in [3.8, 4) is 12.3 Å². The molecule has 0 nitrogen and oxygen atoms in total. The van der Waals surface area contributed by atoms with Gasteiger partial charge in [-0.15, -0.1) is 6.42 Å². The molecule has 0 aromatic heterocycles. The van der Waals surface area contributed by atoms with Crippen LogP contribution in [0.15, 0.2) is 24.3 Å². The minimum Gasteiger partial charge on any atom is -0.115 e. The average molecular weight is 244 g/mol. The monoisotopic (exact) mass is 244 g/mol. The molecule has 0 saturated carbocycles. The van der Waals surface area contributed by atoms with E-state index in [4.69, 9.17) is 6.42 Å². The molecule has 1 rings (SSSR count). The Morgan fingerprint density at radius 2 is 1.50 bits per heavy atom. The van der Waals surface area contributed by atoms with Gasteiger partial charge in [-0.05, 0) is 24.6 Å². The number of hydrogen-bond donors (Lipinski definition) is 0. The quantitative estimate of drug-likeness (QED) is 0.442. The SMILES string of the molecule is C#Cc1cccc(C)c1.CCCCCCCCC. The number of unbranched alkanes of at least 4 members (excludes halogenated alkanes) is 6. The Morgan fingerprint density at radius 3 is 1.89 bits per heavy atom. The molecule has 18 heavy (non-hydrogen) atoms. The van der Waals surface area contributed by atoms with E-state index >= 15 is 0 Å². The van der Waals surface area contributed by atoms with Gasteiger partial charge in [-0.3, -0.25) is 0 Å². The highest BCUT2D eigenvalue weighted by Crippen LogP contribution is 2.05. The van der Waals surface area contributed by atoms with Crippen molar-refractivity contribution in [2.75, 3.05) is 0 Å². The molecule has 0 radical (unpaired) electrons. The summed E-state index contributed by atoms with van der Waals surface area (Å²) in [5.74, 6) is 2.57. The summed E-state index contributed by atoms with van der Waals surface area (Å²) in [6.07, 6.45) is 15.1. The fourth-order valence-corrected chi connectivity index (χ4v) is 1.77. The van der Waals surface area contributed by atoms with Gasteiger partial charge in [0, 0.05) is 5.56 Å². The fraction of sp³-hybridized carbons (Fsp3) is 0.556. The molecule has 0 spiro atoms. The van der Waals surface area contributed by atoms with E-state index < -0.39 is 0 Å². The van der Waals surface area contributed by atoms with E-state index in [1.807, 2.05) is 31.2 Å². The zero-order valence-corrected chi connectivity index (χ0v) is 12.3. The molecule has 0 unspecified atom stereocenters. The van der Waals surface area contributed by atoms with Gasteiger partial charge in [-0.2, -0.15) is 0 Å². The van der Waals surface area contributed by atoms with E-state index in [1.165, 1.54) is 50.5 Å². The summed E-state index contributed by atoms with van der Waals surface area (Å²) in [5, 5.41) is 0. The molecule has 0 bridgehead atoms. The topological polar surface area (TPSA) is 0 Å². The first-order valence-electron chi connectivity index (χ1n) is 7.27. The van der Waals surface area contributed by atoms with E-state index in [9.17, 15) is 0 Å². The van der Waals surface area contributed by atoms with Crippen molar-refractivity contribution in [2.45, 2.75) is 65.7 Å². The predicted molar refractivity (Wildman–Crippen MR) is 82.8 cm³/mol. The zero-order valence-electron chi connectivity index (χ0n) is 12.3. The van der Waals surface area contributed by atoms with E-state index in [-0.39, 0.29) is 0 Å². The molecule has 0 aliphatic carbocycles. The summed E-state index contributed by atoms with van der Waals surface area (Å²) in [7, 11) is 0. The van der Waals surface area contributed by atoms with E-state index in [2.05, 4.69) is 19.8 Å². The fourth-order valence-electron chi connectivity index (χ4n) is 1.77. The van der Waals surface area contributed by atoms with E-state index in [0.717, 1.165) is 5.56 Å². The van der Waals surface area contributed by atoms with Gasteiger partial charge in [0.15, 0.2) is 0 Å². The second kappa shape index (κ2) is 12.2. The van der Waals surface area contributed by atoms with Crippen LogP contribution < -0.4 is 0 Å². The first kappa shape index (κ1) is 16.8. The van der Waals surface area contributed by atoms with E-state index in [0.29, 0.717) is 0 Å². The largest absolute Gasteiger partial charge is 0.115 e. The van der Waals surface area contributed by atoms with Crippen molar-refractivity contribution >= 4 is 0 Å². The van der Waals surface area contributed by atoms with Crippen LogP contribution in [-0.4, -0.2) is 0 Å². The van der Waals surface area contributed by atoms with Gasteiger partial charge < -0.3 is 0 Å². The van der Waals surface area contributed by atoms with Crippen molar-refractivity contribution in [1.82, 2.24) is 0 Å². The molecule has 1 aromatic rings. The third-order valence-corrected chi connectivity index (χ3v) is 2.89. The van der Waals surface area contributed by atoms with Crippen LogP contribution in [0.4, 0.5) is 0 Å².